The number of unbranched alkanes of at least 4 members (excludes halogenated alkanes) is 2. The molecule has 106 heavy (non-hydrogen) atoms. The van der Waals surface area contributed by atoms with Gasteiger partial charge in [-0.25, -0.2) is 9.59 Å². The van der Waals surface area contributed by atoms with E-state index >= 15 is 0 Å². The largest absolute Gasteiger partial charge is 0.467 e. The number of likely N-dealkylation sites (tertiary alicyclic amines) is 1. The zero-order valence-corrected chi connectivity index (χ0v) is 65.8. The molecule has 24 nitrogen and oxygen atoms in total. The molecule has 0 unspecified atom stereocenters. The molecular weight excluding hydrogens is 1350 g/mol. The van der Waals surface area contributed by atoms with Crippen LogP contribution in [-0.4, -0.2) is 194 Å². The van der Waals surface area contributed by atoms with Gasteiger partial charge in [-0.2, -0.15) is 0 Å². The minimum Gasteiger partial charge on any atom is -0.467 e. The normalized spacial score (nSPS) is 16.4. The van der Waals surface area contributed by atoms with Crippen molar-refractivity contribution >= 4 is 70.8 Å². The second-order valence-electron chi connectivity index (χ2n) is 29.5. The number of ketones is 3. The molecule has 0 saturated carbocycles. The molecule has 0 aromatic heterocycles. The molecular formula is C82H122N8O16. The van der Waals surface area contributed by atoms with Gasteiger partial charge in [0.1, 0.15) is 11.8 Å². The molecule has 11 atom stereocenters. The molecule has 2 aliphatic rings. The molecule has 5 rings (SSSR count). The van der Waals surface area contributed by atoms with Gasteiger partial charge in [0.05, 0.1) is 68.9 Å². The van der Waals surface area contributed by atoms with E-state index in [2.05, 4.69) is 16.0 Å². The summed E-state index contributed by atoms with van der Waals surface area (Å²) < 4.78 is 22.2. The van der Waals surface area contributed by atoms with Gasteiger partial charge in [0.25, 0.3) is 11.8 Å². The number of Topliss-reactive ketones (excluding diaryl/α,β-unsaturated/α-hetero) is 3. The minimum atomic E-state index is -0.906. The average Bonchev–Trinajstić information content (AvgIpc) is 0.877. The van der Waals surface area contributed by atoms with Gasteiger partial charge in [0.15, 0.2) is 11.6 Å². The standard InChI is InChI=1S/C52H80N4O10.C30H42N4O6/c1-14-35(7)48(55(10)51(61)40(33(3)4)30-43(57)47(34(5)6)54(9)32-39-24-19-23-38(27-39)29-46(59)66-15-2)44(63-11)31-45(58)56-26-20-25-42(56)49(64-12)36(8)50(60)53-41(52(62)65-13)28-37-21-17-16-18-22-37;1-20(2)24(19-23(35)8-5-4-6-17-34-27(37)14-15-28(34)38)29(39)33-25(9-7-16-32-30(31)40)26(36)18-22-12-10-21(3)11-13-22/h16-19,21-24,27,33-36,40-42,44,47-49H,14-15,20,25-26,28-32H2,1-13H3,(H,53,60);10-15,20,24-25H,4-9,16-19H2,1-3H3,(H,33,39)(H3,31,32,40)/t35-,36+,40-,41-,42-,44+,47-,48-,49+;24-,25-/m00/s1. The van der Waals surface area contributed by atoms with Crippen LogP contribution in [0.5, 0.6) is 0 Å². The van der Waals surface area contributed by atoms with Crippen LogP contribution in [0.15, 0.2) is 91.0 Å². The topological polar surface area (TPSA) is 317 Å². The Morgan fingerprint density at radius 1 is 0.660 bits per heavy atom. The highest BCUT2D eigenvalue weighted by molar-refractivity contribution is 6.12. The van der Waals surface area contributed by atoms with Crippen LogP contribution in [0.1, 0.15) is 174 Å². The zero-order valence-electron chi connectivity index (χ0n) is 65.8. The van der Waals surface area contributed by atoms with E-state index in [4.69, 9.17) is 24.7 Å². The number of nitrogens with zero attached hydrogens (tertiary/aromatic N) is 4. The Morgan fingerprint density at radius 2 is 1.29 bits per heavy atom. The molecule has 0 bridgehead atoms. The molecule has 3 aromatic carbocycles. The number of nitrogens with two attached hydrogens (primary N) is 1. The lowest BCUT2D eigenvalue weighted by atomic mass is 9.83. The summed E-state index contributed by atoms with van der Waals surface area (Å²) in [6.07, 6.45) is 6.86. The molecule has 3 aromatic rings. The van der Waals surface area contributed by atoms with Crippen LogP contribution < -0.4 is 21.7 Å². The highest BCUT2D eigenvalue weighted by atomic mass is 16.5. The number of hydrogen-bond donors (Lipinski definition) is 4. The first-order chi connectivity index (χ1) is 50.3. The zero-order chi connectivity index (χ0) is 78.9. The lowest BCUT2D eigenvalue weighted by molar-refractivity contribution is -0.150. The van der Waals surface area contributed by atoms with Crippen molar-refractivity contribution < 1.29 is 76.5 Å². The SMILES string of the molecule is CCOC(=O)Cc1cccc(CN(C)[C@H](C(=O)C[C@H](C(=O)N(C)[C@@H]([C@@H](C)CC)[C@@H](CC(=O)N2CCC[C@H]2[C@H](OC)[C@@H](C)C(=O)N[C@@H](Cc2ccccc2)C(=O)OC)OC)C(C)C)C(C)C)c1.Cc1ccc(CC(=O)[C@H](CCCNC(N)=O)NC(=O)[C@@H](CC(=O)CCCCCN2C(=O)C=CC2=O)C(C)C)cc1. The molecule has 0 spiro atoms. The van der Waals surface area contributed by atoms with Gasteiger partial charge in [-0.3, -0.25) is 57.7 Å². The van der Waals surface area contributed by atoms with Gasteiger partial charge < -0.3 is 50.4 Å². The number of esters is 2. The molecule has 586 valence electrons. The van der Waals surface area contributed by atoms with Crippen LogP contribution in [0, 0.1) is 48.3 Å². The fraction of sp³-hybridized carbons (Fsp3) is 0.610. The maximum atomic E-state index is 14.7. The number of likely N-dealkylation sites (N-methyl/N-ethyl adjacent to an activating group) is 2. The van der Waals surface area contributed by atoms with Crippen molar-refractivity contribution in [2.24, 2.45) is 47.2 Å². The average molecular weight is 1480 g/mol. The van der Waals surface area contributed by atoms with E-state index in [1.54, 1.807) is 37.8 Å². The van der Waals surface area contributed by atoms with Crippen LogP contribution in [0.25, 0.3) is 0 Å². The van der Waals surface area contributed by atoms with Crippen molar-refractivity contribution in [1.29, 1.82) is 0 Å². The van der Waals surface area contributed by atoms with E-state index in [-0.39, 0.29) is 128 Å². The third-order valence-corrected chi connectivity index (χ3v) is 20.4. The summed E-state index contributed by atoms with van der Waals surface area (Å²) in [5.74, 6) is -5.05. The smallest absolute Gasteiger partial charge is 0.328 e. The van der Waals surface area contributed by atoms with Crippen molar-refractivity contribution in [2.45, 2.75) is 221 Å². The third-order valence-electron chi connectivity index (χ3n) is 20.4. The molecule has 0 aliphatic carbocycles. The van der Waals surface area contributed by atoms with Crippen LogP contribution in [-0.2, 0) is 97.5 Å². The van der Waals surface area contributed by atoms with Crippen molar-refractivity contribution in [3.8, 4) is 0 Å². The number of carbonyl (C=O) groups is 12. The summed E-state index contributed by atoms with van der Waals surface area (Å²) >= 11 is 0. The molecule has 2 aliphatic heterocycles. The Kier molecular flexibility index (Phi) is 38.9. The number of benzene rings is 3. The van der Waals surface area contributed by atoms with Gasteiger partial charge in [-0.15, -0.1) is 0 Å². The van der Waals surface area contributed by atoms with Crippen LogP contribution in [0.3, 0.4) is 0 Å². The van der Waals surface area contributed by atoms with Gasteiger partial charge in [-0.05, 0) is 105 Å². The first kappa shape index (κ1) is 89.9. The predicted molar refractivity (Wildman–Crippen MR) is 406 cm³/mol. The van der Waals surface area contributed by atoms with Gasteiger partial charge in [0, 0.05) is 104 Å². The fourth-order valence-electron chi connectivity index (χ4n) is 14.3. The number of methoxy groups -OCH3 is 3. The van der Waals surface area contributed by atoms with E-state index in [1.807, 2.05) is 153 Å². The Hall–Kier alpha value is -8.48. The van der Waals surface area contributed by atoms with Crippen molar-refractivity contribution in [3.05, 3.63) is 119 Å². The maximum Gasteiger partial charge on any atom is 0.328 e. The second kappa shape index (κ2) is 45.9. The number of aryl methyl sites for hydroxylation is 1. The summed E-state index contributed by atoms with van der Waals surface area (Å²) in [5, 5.41) is 8.25. The summed E-state index contributed by atoms with van der Waals surface area (Å²) in [6.45, 7) is 23.1. The van der Waals surface area contributed by atoms with E-state index < -0.39 is 72.2 Å². The first-order valence-corrected chi connectivity index (χ1v) is 37.8. The molecule has 1 saturated heterocycles. The molecule has 0 radical (unpaired) electrons. The number of carbonyl (C=O) groups excluding carboxylic acids is 12. The number of amides is 8. The van der Waals surface area contributed by atoms with E-state index in [9.17, 15) is 57.5 Å². The summed E-state index contributed by atoms with van der Waals surface area (Å²) in [4.78, 5) is 162. The number of rotatable bonds is 45. The third kappa shape index (κ3) is 28.7. The Labute approximate surface area is 629 Å². The van der Waals surface area contributed by atoms with Crippen LogP contribution in [0.4, 0.5) is 4.79 Å². The Bertz CT molecular complexity index is 3380. The Morgan fingerprint density at radius 3 is 1.88 bits per heavy atom. The van der Waals surface area contributed by atoms with E-state index in [1.165, 1.54) is 31.3 Å². The highest BCUT2D eigenvalue weighted by Crippen LogP contribution is 2.32. The number of primary amides is 1. The molecule has 1 fully saturated rings. The maximum absolute atomic E-state index is 14.7. The predicted octanol–water partition coefficient (Wildman–Crippen LogP) is 9.06. The second-order valence-corrected chi connectivity index (χ2v) is 29.5. The molecule has 2 heterocycles. The number of urea groups is 1. The van der Waals surface area contributed by atoms with Crippen molar-refractivity contribution in [2.75, 3.05) is 61.7 Å². The summed E-state index contributed by atoms with van der Waals surface area (Å²) in [6, 6.07) is 21.1. The van der Waals surface area contributed by atoms with Crippen LogP contribution in [0.2, 0.25) is 0 Å². The van der Waals surface area contributed by atoms with Gasteiger partial charge in [-0.1, -0.05) is 160 Å². The number of nitrogens with one attached hydrogen (secondary N) is 3. The number of ether oxygens (including phenoxy) is 4. The van der Waals surface area contributed by atoms with E-state index in [0.29, 0.717) is 84.0 Å². The quantitative estimate of drug-likeness (QED) is 0.0233. The van der Waals surface area contributed by atoms with Crippen LogP contribution >= 0.6 is 0 Å². The summed E-state index contributed by atoms with van der Waals surface area (Å²) in [5.41, 5.74) is 9.72. The number of hydrogen-bond acceptors (Lipinski definition) is 17. The molecule has 24 heteroatoms. The fourth-order valence-corrected chi connectivity index (χ4v) is 14.3. The highest BCUT2D eigenvalue weighted by Gasteiger charge is 2.44. The van der Waals surface area contributed by atoms with Crippen molar-refractivity contribution in [1.82, 2.24) is 35.6 Å². The van der Waals surface area contributed by atoms with Crippen molar-refractivity contribution in [3.63, 3.8) is 0 Å². The summed E-state index contributed by atoms with van der Waals surface area (Å²) in [7, 11) is 8.05. The van der Waals surface area contributed by atoms with Gasteiger partial charge in [0.2, 0.25) is 23.6 Å². The minimum absolute atomic E-state index is 0.00931. The van der Waals surface area contributed by atoms with E-state index in [0.717, 1.165) is 27.8 Å². The number of imide groups is 1. The van der Waals surface area contributed by atoms with Gasteiger partial charge >= 0.3 is 18.0 Å². The first-order valence-electron chi connectivity index (χ1n) is 37.8. The monoisotopic (exact) mass is 1470 g/mol. The lowest BCUT2D eigenvalue weighted by Crippen LogP contribution is -2.55. The lowest BCUT2D eigenvalue weighted by Gasteiger charge is -2.41. The Balaban J connectivity index is 0.000000506. The molecule has 5 N–H and O–H groups in total. The molecule has 8 amide bonds.